The van der Waals surface area contributed by atoms with Gasteiger partial charge in [0, 0.05) is 19.2 Å². The summed E-state index contributed by atoms with van der Waals surface area (Å²) >= 11 is 0. The zero-order chi connectivity index (χ0) is 15.7. The largest absolute Gasteiger partial charge is 0.478 e. The molecule has 0 aliphatic carbocycles. The summed E-state index contributed by atoms with van der Waals surface area (Å²) in [6, 6.07) is 15.1. The highest BCUT2D eigenvalue weighted by Gasteiger charge is 2.48. The molecule has 0 spiro atoms. The third-order valence-electron chi connectivity index (χ3n) is 3.75. The number of carbonyl (C=O) groups is 1. The number of non-ortho nitro benzene ring substituents is 1. The van der Waals surface area contributed by atoms with Crippen LogP contribution in [0.1, 0.15) is 11.6 Å². The molecule has 0 radical (unpaired) electrons. The maximum absolute atomic E-state index is 12.0. The number of rotatable bonds is 4. The van der Waals surface area contributed by atoms with Gasteiger partial charge in [0.2, 0.25) is 6.10 Å². The molecule has 1 fully saturated rings. The van der Waals surface area contributed by atoms with Gasteiger partial charge in [-0.2, -0.15) is 0 Å². The number of benzene rings is 2. The van der Waals surface area contributed by atoms with Crippen molar-refractivity contribution in [2.45, 2.75) is 12.1 Å². The molecule has 6 nitrogen and oxygen atoms in total. The molecule has 0 unspecified atom stereocenters. The fourth-order valence-electron chi connectivity index (χ4n) is 2.55. The van der Waals surface area contributed by atoms with Gasteiger partial charge in [-0.25, -0.2) is 0 Å². The molecule has 0 aromatic heterocycles. The van der Waals surface area contributed by atoms with Crippen molar-refractivity contribution in [1.82, 2.24) is 4.90 Å². The summed E-state index contributed by atoms with van der Waals surface area (Å²) in [6.07, 6.45) is -0.603. The molecule has 1 heterocycles. The van der Waals surface area contributed by atoms with E-state index in [9.17, 15) is 14.9 Å². The maximum atomic E-state index is 12.0. The summed E-state index contributed by atoms with van der Waals surface area (Å²) in [5.74, 6) is 0.521. The van der Waals surface area contributed by atoms with E-state index in [1.807, 2.05) is 18.2 Å². The lowest BCUT2D eigenvalue weighted by Crippen LogP contribution is -2.59. The summed E-state index contributed by atoms with van der Waals surface area (Å²) in [5, 5.41) is 10.7. The number of carbonyl (C=O) groups excluding carboxylic acids is 1. The Hall–Kier alpha value is -2.89. The minimum Gasteiger partial charge on any atom is -0.478 e. The average Bonchev–Trinajstić information content (AvgIpc) is 2.55. The van der Waals surface area contributed by atoms with Gasteiger partial charge < -0.3 is 9.64 Å². The topological polar surface area (TPSA) is 72.7 Å². The van der Waals surface area contributed by atoms with Crippen LogP contribution in [0.3, 0.4) is 0 Å². The van der Waals surface area contributed by atoms with Gasteiger partial charge in [-0.1, -0.05) is 18.2 Å². The fraction of sp³-hybridized carbons (Fsp3) is 0.188. The van der Waals surface area contributed by atoms with E-state index in [2.05, 4.69) is 0 Å². The molecule has 2 atom stereocenters. The Kier molecular flexibility index (Phi) is 3.50. The van der Waals surface area contributed by atoms with Crippen molar-refractivity contribution in [3.8, 4) is 5.75 Å². The van der Waals surface area contributed by atoms with Crippen LogP contribution in [-0.2, 0) is 4.79 Å². The van der Waals surface area contributed by atoms with E-state index in [0.717, 1.165) is 5.56 Å². The number of amides is 1. The molecule has 2 aromatic carbocycles. The number of ether oxygens (including phenoxy) is 1. The molecule has 22 heavy (non-hydrogen) atoms. The van der Waals surface area contributed by atoms with Crippen LogP contribution in [0.5, 0.6) is 5.75 Å². The minimum atomic E-state index is -0.603. The molecule has 1 amide bonds. The van der Waals surface area contributed by atoms with E-state index < -0.39 is 11.0 Å². The third kappa shape index (κ3) is 2.39. The van der Waals surface area contributed by atoms with E-state index in [0.29, 0.717) is 5.75 Å². The second-order valence-corrected chi connectivity index (χ2v) is 5.09. The number of likely N-dealkylation sites (N-methyl/N-ethyl adjacent to an activating group) is 1. The number of nitro groups is 1. The van der Waals surface area contributed by atoms with E-state index in [1.54, 1.807) is 36.2 Å². The van der Waals surface area contributed by atoms with Crippen molar-refractivity contribution < 1.29 is 14.5 Å². The Morgan fingerprint density at radius 1 is 1.09 bits per heavy atom. The van der Waals surface area contributed by atoms with Crippen LogP contribution in [0.25, 0.3) is 0 Å². The average molecular weight is 298 g/mol. The predicted molar refractivity (Wildman–Crippen MR) is 79.5 cm³/mol. The monoisotopic (exact) mass is 298 g/mol. The third-order valence-corrected chi connectivity index (χ3v) is 3.75. The molecule has 1 saturated heterocycles. The van der Waals surface area contributed by atoms with Crippen LogP contribution >= 0.6 is 0 Å². The van der Waals surface area contributed by atoms with Crippen LogP contribution in [0.4, 0.5) is 5.69 Å². The molecule has 0 saturated carbocycles. The number of para-hydroxylation sites is 1. The van der Waals surface area contributed by atoms with E-state index in [1.165, 1.54) is 12.1 Å². The van der Waals surface area contributed by atoms with Gasteiger partial charge >= 0.3 is 0 Å². The van der Waals surface area contributed by atoms with Crippen LogP contribution in [0, 0.1) is 10.1 Å². The summed E-state index contributed by atoms with van der Waals surface area (Å²) < 4.78 is 5.75. The molecule has 0 N–H and O–H groups in total. The highest BCUT2D eigenvalue weighted by Crippen LogP contribution is 2.36. The number of hydrogen-bond donors (Lipinski definition) is 0. The highest BCUT2D eigenvalue weighted by molar-refractivity contribution is 5.89. The molecular weight excluding hydrogens is 284 g/mol. The van der Waals surface area contributed by atoms with Crippen LogP contribution in [0.15, 0.2) is 54.6 Å². The highest BCUT2D eigenvalue weighted by atomic mass is 16.6. The van der Waals surface area contributed by atoms with E-state index in [4.69, 9.17) is 4.74 Å². The van der Waals surface area contributed by atoms with Crippen molar-refractivity contribution in [2.24, 2.45) is 0 Å². The van der Waals surface area contributed by atoms with Gasteiger partial charge in [-0.3, -0.25) is 14.9 Å². The lowest BCUT2D eigenvalue weighted by molar-refractivity contribution is -0.384. The molecule has 3 rings (SSSR count). The van der Waals surface area contributed by atoms with Gasteiger partial charge in [0.05, 0.1) is 4.92 Å². The Labute approximate surface area is 127 Å². The first-order valence-electron chi connectivity index (χ1n) is 6.80. The quantitative estimate of drug-likeness (QED) is 0.494. The van der Waals surface area contributed by atoms with Crippen molar-refractivity contribution >= 4 is 11.6 Å². The van der Waals surface area contributed by atoms with Gasteiger partial charge in [-0.15, -0.1) is 0 Å². The predicted octanol–water partition coefficient (Wildman–Crippen LogP) is 2.56. The summed E-state index contributed by atoms with van der Waals surface area (Å²) in [4.78, 5) is 23.9. The molecule has 1 aliphatic heterocycles. The maximum Gasteiger partial charge on any atom is 0.269 e. The number of nitro benzene ring substituents is 1. The van der Waals surface area contributed by atoms with Crippen molar-refractivity contribution in [2.75, 3.05) is 7.05 Å². The van der Waals surface area contributed by atoms with E-state index >= 15 is 0 Å². The fourth-order valence-corrected chi connectivity index (χ4v) is 2.55. The zero-order valence-corrected chi connectivity index (χ0v) is 11.9. The van der Waals surface area contributed by atoms with Crippen LogP contribution in [-0.4, -0.2) is 28.9 Å². The normalized spacial score (nSPS) is 20.4. The van der Waals surface area contributed by atoms with Gasteiger partial charge in [0.15, 0.2) is 0 Å². The van der Waals surface area contributed by atoms with Crippen molar-refractivity contribution in [1.29, 1.82) is 0 Å². The van der Waals surface area contributed by atoms with Gasteiger partial charge in [0.25, 0.3) is 11.6 Å². The molecular formula is C16H14N2O4. The second-order valence-electron chi connectivity index (χ2n) is 5.09. The molecule has 6 heteroatoms. The zero-order valence-electron chi connectivity index (χ0n) is 11.9. The lowest BCUT2D eigenvalue weighted by atomic mass is 9.91. The first kappa shape index (κ1) is 14.1. The van der Waals surface area contributed by atoms with Gasteiger partial charge in [0.1, 0.15) is 11.8 Å². The lowest BCUT2D eigenvalue weighted by Gasteiger charge is -2.44. The standard InChI is InChI=1S/C16H14N2O4/c1-17-14(11-7-9-12(10-8-11)18(20)21)15(16(17)19)22-13-5-3-2-4-6-13/h2-10,14-15H,1H3/t14-,15+/m1/s1. The molecule has 1 aliphatic rings. The Balaban J connectivity index is 1.82. The Morgan fingerprint density at radius 2 is 1.73 bits per heavy atom. The SMILES string of the molecule is CN1C(=O)[C@@H](Oc2ccccc2)[C@H]1c1ccc([N+](=O)[O-])cc1. The molecule has 0 bridgehead atoms. The van der Waals surface area contributed by atoms with E-state index in [-0.39, 0.29) is 17.6 Å². The smallest absolute Gasteiger partial charge is 0.269 e. The number of hydrogen-bond acceptors (Lipinski definition) is 4. The van der Waals surface area contributed by atoms with Crippen molar-refractivity contribution in [3.05, 3.63) is 70.3 Å². The van der Waals surface area contributed by atoms with Crippen molar-refractivity contribution in [3.63, 3.8) is 0 Å². The van der Waals surface area contributed by atoms with Crippen LogP contribution in [0.2, 0.25) is 0 Å². The second kappa shape index (κ2) is 5.48. The minimum absolute atomic E-state index is 0.0255. The number of β-lactam (4-membered cyclic amide) rings is 1. The summed E-state index contributed by atoms with van der Waals surface area (Å²) in [6.45, 7) is 0. The van der Waals surface area contributed by atoms with Crippen LogP contribution < -0.4 is 4.74 Å². The Morgan fingerprint density at radius 3 is 2.32 bits per heavy atom. The van der Waals surface area contributed by atoms with Gasteiger partial charge in [-0.05, 0) is 29.8 Å². The first-order chi connectivity index (χ1) is 10.6. The number of likely N-dealkylation sites (tertiary alicyclic amines) is 1. The molecule has 112 valence electrons. The molecule has 2 aromatic rings. The summed E-state index contributed by atoms with van der Waals surface area (Å²) in [5.41, 5.74) is 0.839. The Bertz CT molecular complexity index is 700. The summed E-state index contributed by atoms with van der Waals surface area (Å²) in [7, 11) is 1.69. The first-order valence-corrected chi connectivity index (χ1v) is 6.80. The number of nitrogens with zero attached hydrogens (tertiary/aromatic N) is 2.